The minimum absolute atomic E-state index is 0.000616. The summed E-state index contributed by atoms with van der Waals surface area (Å²) in [5.74, 6) is 0.263. The summed E-state index contributed by atoms with van der Waals surface area (Å²) in [5.41, 5.74) is 0.663. The average Bonchev–Trinajstić information content (AvgIpc) is 3.29. The quantitative estimate of drug-likeness (QED) is 0.385. The standard InChI is InChI=1S/C21H20BrNO7S/c1-11(2)29-18-14(22)7-12(8-16(18)27-3)9-17-19(24)23(21(26)31-17)10-13-5-6-15(30-13)20(25)28-4/h5-9,11H,10H2,1-4H3/b17-9+. The molecular weight excluding hydrogens is 490 g/mol. The van der Waals surface area contributed by atoms with Gasteiger partial charge in [0.25, 0.3) is 11.1 Å². The molecule has 1 fully saturated rings. The van der Waals surface area contributed by atoms with Crippen molar-refractivity contribution in [3.05, 3.63) is 50.7 Å². The van der Waals surface area contributed by atoms with Gasteiger partial charge in [0.1, 0.15) is 5.76 Å². The smallest absolute Gasteiger partial charge is 0.373 e. The summed E-state index contributed by atoms with van der Waals surface area (Å²) in [5, 5.41) is -0.432. The maximum atomic E-state index is 12.8. The van der Waals surface area contributed by atoms with Gasteiger partial charge in [-0.15, -0.1) is 0 Å². The zero-order chi connectivity index (χ0) is 22.7. The van der Waals surface area contributed by atoms with E-state index in [9.17, 15) is 14.4 Å². The molecule has 0 atom stereocenters. The highest BCUT2D eigenvalue weighted by molar-refractivity contribution is 9.10. The number of amides is 2. The lowest BCUT2D eigenvalue weighted by Crippen LogP contribution is -2.27. The Morgan fingerprint density at radius 2 is 2.00 bits per heavy atom. The van der Waals surface area contributed by atoms with Crippen LogP contribution in [0.3, 0.4) is 0 Å². The molecule has 1 aromatic carbocycles. The van der Waals surface area contributed by atoms with Crippen molar-refractivity contribution in [3.63, 3.8) is 0 Å². The molecular formula is C21H20BrNO7S. The summed E-state index contributed by atoms with van der Waals surface area (Å²) in [7, 11) is 2.76. The number of methoxy groups -OCH3 is 2. The van der Waals surface area contributed by atoms with Crippen LogP contribution >= 0.6 is 27.7 Å². The second-order valence-corrected chi connectivity index (χ2v) is 8.57. The van der Waals surface area contributed by atoms with E-state index in [1.165, 1.54) is 26.4 Å². The molecule has 0 bridgehead atoms. The first kappa shape index (κ1) is 23.0. The second-order valence-electron chi connectivity index (χ2n) is 6.73. The molecule has 8 nitrogen and oxygen atoms in total. The van der Waals surface area contributed by atoms with Gasteiger partial charge in [-0.3, -0.25) is 14.5 Å². The first-order valence-electron chi connectivity index (χ1n) is 9.20. The van der Waals surface area contributed by atoms with Gasteiger partial charge in [-0.25, -0.2) is 4.79 Å². The van der Waals surface area contributed by atoms with E-state index < -0.39 is 17.1 Å². The van der Waals surface area contributed by atoms with Gasteiger partial charge >= 0.3 is 5.97 Å². The van der Waals surface area contributed by atoms with Gasteiger partial charge in [-0.05, 0) is 77.4 Å². The number of furan rings is 1. The lowest BCUT2D eigenvalue weighted by molar-refractivity contribution is -0.123. The fourth-order valence-electron chi connectivity index (χ4n) is 2.79. The third kappa shape index (κ3) is 5.13. The van der Waals surface area contributed by atoms with Crippen LogP contribution in [0.15, 0.2) is 38.1 Å². The molecule has 2 aromatic rings. The molecule has 0 spiro atoms. The van der Waals surface area contributed by atoms with Crippen molar-refractivity contribution in [1.29, 1.82) is 0 Å². The Bertz CT molecular complexity index is 1060. The molecule has 1 aliphatic heterocycles. The van der Waals surface area contributed by atoms with E-state index in [2.05, 4.69) is 20.7 Å². The summed E-state index contributed by atoms with van der Waals surface area (Å²) >= 11 is 4.29. The lowest BCUT2D eigenvalue weighted by atomic mass is 10.1. The Balaban J connectivity index is 1.82. The van der Waals surface area contributed by atoms with Crippen LogP contribution in [0.2, 0.25) is 0 Å². The zero-order valence-electron chi connectivity index (χ0n) is 17.3. The average molecular weight is 510 g/mol. The van der Waals surface area contributed by atoms with Crippen LogP contribution in [0.1, 0.15) is 35.7 Å². The number of hydrogen-bond acceptors (Lipinski definition) is 8. The molecule has 1 saturated heterocycles. The molecule has 2 amide bonds. The van der Waals surface area contributed by atoms with E-state index in [0.29, 0.717) is 27.3 Å². The molecule has 1 aromatic heterocycles. The van der Waals surface area contributed by atoms with Gasteiger partial charge in [0.05, 0.1) is 36.2 Å². The van der Waals surface area contributed by atoms with Gasteiger partial charge in [-0.2, -0.15) is 0 Å². The Kier molecular flexibility index (Phi) is 7.11. The molecule has 1 aliphatic rings. The van der Waals surface area contributed by atoms with E-state index in [0.717, 1.165) is 16.7 Å². The number of imide groups is 1. The molecule has 3 rings (SSSR count). The van der Waals surface area contributed by atoms with E-state index in [1.54, 1.807) is 18.2 Å². The fourth-order valence-corrected chi connectivity index (χ4v) is 4.18. The van der Waals surface area contributed by atoms with Crippen molar-refractivity contribution in [2.24, 2.45) is 0 Å². The second kappa shape index (κ2) is 9.61. The Morgan fingerprint density at radius 3 is 2.65 bits per heavy atom. The normalized spacial score (nSPS) is 15.2. The van der Waals surface area contributed by atoms with Gasteiger partial charge in [0, 0.05) is 0 Å². The lowest BCUT2D eigenvalue weighted by Gasteiger charge is -2.16. The Morgan fingerprint density at radius 1 is 1.26 bits per heavy atom. The topological polar surface area (TPSA) is 95.3 Å². The van der Waals surface area contributed by atoms with E-state index in [-0.39, 0.29) is 23.3 Å². The van der Waals surface area contributed by atoms with Crippen molar-refractivity contribution in [2.45, 2.75) is 26.5 Å². The third-order valence-electron chi connectivity index (χ3n) is 4.14. The summed E-state index contributed by atoms with van der Waals surface area (Å²) in [6.07, 6.45) is 1.56. The number of halogens is 1. The molecule has 31 heavy (non-hydrogen) atoms. The van der Waals surface area contributed by atoms with Crippen molar-refractivity contribution < 1.29 is 33.0 Å². The first-order valence-corrected chi connectivity index (χ1v) is 10.8. The summed E-state index contributed by atoms with van der Waals surface area (Å²) in [6, 6.07) is 6.46. The maximum Gasteiger partial charge on any atom is 0.373 e. The number of carbonyl (C=O) groups excluding carboxylic acids is 3. The minimum Gasteiger partial charge on any atom is -0.493 e. The van der Waals surface area contributed by atoms with Crippen LogP contribution in [-0.4, -0.2) is 42.3 Å². The van der Waals surface area contributed by atoms with Crippen molar-refractivity contribution >= 4 is 50.9 Å². The van der Waals surface area contributed by atoms with Crippen LogP contribution in [0.25, 0.3) is 6.08 Å². The number of thioether (sulfide) groups is 1. The van der Waals surface area contributed by atoms with Crippen LogP contribution in [0, 0.1) is 0 Å². The molecule has 0 radical (unpaired) electrons. The van der Waals surface area contributed by atoms with Gasteiger partial charge in [0.15, 0.2) is 11.5 Å². The molecule has 164 valence electrons. The number of nitrogens with zero attached hydrogens (tertiary/aromatic N) is 1. The van der Waals surface area contributed by atoms with Crippen LogP contribution in [0.5, 0.6) is 11.5 Å². The predicted molar refractivity (Wildman–Crippen MR) is 118 cm³/mol. The monoisotopic (exact) mass is 509 g/mol. The van der Waals surface area contributed by atoms with Crippen molar-refractivity contribution in [2.75, 3.05) is 14.2 Å². The summed E-state index contributed by atoms with van der Waals surface area (Å²) in [6.45, 7) is 3.72. The van der Waals surface area contributed by atoms with Crippen LogP contribution in [-0.2, 0) is 16.1 Å². The molecule has 0 unspecified atom stereocenters. The van der Waals surface area contributed by atoms with Crippen molar-refractivity contribution in [1.82, 2.24) is 4.90 Å². The van der Waals surface area contributed by atoms with Gasteiger partial charge in [0.2, 0.25) is 5.76 Å². The summed E-state index contributed by atoms with van der Waals surface area (Å²) in [4.78, 5) is 38.0. The summed E-state index contributed by atoms with van der Waals surface area (Å²) < 4.78 is 21.8. The van der Waals surface area contributed by atoms with E-state index >= 15 is 0 Å². The first-order chi connectivity index (χ1) is 14.7. The molecule has 10 heteroatoms. The Hall–Kier alpha value is -2.72. The molecule has 0 N–H and O–H groups in total. The largest absolute Gasteiger partial charge is 0.493 e. The molecule has 0 saturated carbocycles. The highest BCUT2D eigenvalue weighted by Crippen LogP contribution is 2.39. The Labute approximate surface area is 191 Å². The maximum absolute atomic E-state index is 12.8. The van der Waals surface area contributed by atoms with Crippen LogP contribution in [0.4, 0.5) is 4.79 Å². The number of hydrogen-bond donors (Lipinski definition) is 0. The number of rotatable bonds is 7. The van der Waals surface area contributed by atoms with Crippen LogP contribution < -0.4 is 9.47 Å². The highest BCUT2D eigenvalue weighted by Gasteiger charge is 2.36. The fraction of sp³-hybridized carbons (Fsp3) is 0.286. The number of benzene rings is 1. The van der Waals surface area contributed by atoms with E-state index in [4.69, 9.17) is 13.9 Å². The predicted octanol–water partition coefficient (Wildman–Crippen LogP) is 4.86. The van der Waals surface area contributed by atoms with E-state index in [1.807, 2.05) is 13.8 Å². The SMILES string of the molecule is COC(=O)c1ccc(CN2C(=O)S/C(=C/c3cc(Br)c(OC(C)C)c(OC)c3)C2=O)o1. The number of carbonyl (C=O) groups is 3. The van der Waals surface area contributed by atoms with Crippen molar-refractivity contribution in [3.8, 4) is 11.5 Å². The zero-order valence-corrected chi connectivity index (χ0v) is 19.7. The number of ether oxygens (including phenoxy) is 3. The highest BCUT2D eigenvalue weighted by atomic mass is 79.9. The molecule has 0 aliphatic carbocycles. The molecule has 2 heterocycles. The third-order valence-corrected chi connectivity index (χ3v) is 5.64. The van der Waals surface area contributed by atoms with Gasteiger partial charge in [-0.1, -0.05) is 0 Å². The number of esters is 1. The minimum atomic E-state index is -0.635. The van der Waals surface area contributed by atoms with Gasteiger partial charge < -0.3 is 18.6 Å².